The first-order valence-electron chi connectivity index (χ1n) is 6.82. The quantitative estimate of drug-likeness (QED) is 0.760. The van der Waals surface area contributed by atoms with Crippen molar-refractivity contribution in [2.24, 2.45) is 5.92 Å². The van der Waals surface area contributed by atoms with Crippen LogP contribution in [0.25, 0.3) is 0 Å². The van der Waals surface area contributed by atoms with Gasteiger partial charge < -0.3 is 4.98 Å². The monoisotopic (exact) mass is 328 g/mol. The molecule has 0 aliphatic heterocycles. The van der Waals surface area contributed by atoms with Gasteiger partial charge in [-0.1, -0.05) is 39.4 Å². The maximum atomic E-state index is 5.36. The zero-order valence-corrected chi connectivity index (χ0v) is 13.7. The Kier molecular flexibility index (Phi) is 4.59. The van der Waals surface area contributed by atoms with Crippen molar-refractivity contribution in [3.05, 3.63) is 20.6 Å². The highest BCUT2D eigenvalue weighted by atomic mass is 79.9. The van der Waals surface area contributed by atoms with Crippen molar-refractivity contribution in [2.45, 2.75) is 58.3 Å². The van der Waals surface area contributed by atoms with Gasteiger partial charge in [0.2, 0.25) is 0 Å². The number of aromatic amines is 1. The van der Waals surface area contributed by atoms with Crippen LogP contribution < -0.4 is 0 Å². The van der Waals surface area contributed by atoms with Crippen molar-refractivity contribution in [2.75, 3.05) is 0 Å². The van der Waals surface area contributed by atoms with Crippen LogP contribution in [0, 0.1) is 10.6 Å². The van der Waals surface area contributed by atoms with Gasteiger partial charge in [-0.3, -0.25) is 0 Å². The van der Waals surface area contributed by atoms with Crippen molar-refractivity contribution in [1.29, 1.82) is 0 Å². The number of hydrogen-bond donors (Lipinski definition) is 1. The summed E-state index contributed by atoms with van der Waals surface area (Å²) < 4.78 is 1.66. The third kappa shape index (κ3) is 2.85. The molecular weight excluding hydrogens is 308 g/mol. The van der Waals surface area contributed by atoms with Crippen LogP contribution in [-0.4, -0.2) is 9.97 Å². The highest BCUT2D eigenvalue weighted by molar-refractivity contribution is 9.10. The molecule has 2 nitrogen and oxygen atoms in total. The molecule has 0 spiro atoms. The van der Waals surface area contributed by atoms with Gasteiger partial charge in [-0.2, -0.15) is 0 Å². The number of halogens is 1. The molecule has 1 N–H and O–H groups in total. The first kappa shape index (κ1) is 14.2. The molecule has 0 aromatic carbocycles. The highest BCUT2D eigenvalue weighted by Gasteiger charge is 2.27. The van der Waals surface area contributed by atoms with Crippen LogP contribution in [0.4, 0.5) is 0 Å². The molecule has 1 aliphatic rings. The lowest BCUT2D eigenvalue weighted by atomic mass is 10.0. The Morgan fingerprint density at radius 1 is 1.44 bits per heavy atom. The predicted molar refractivity (Wildman–Crippen MR) is 81.6 cm³/mol. The van der Waals surface area contributed by atoms with Crippen LogP contribution in [0.3, 0.4) is 0 Å². The number of aromatic nitrogens is 2. The number of nitrogens with zero attached hydrogens (tertiary/aromatic N) is 1. The minimum Gasteiger partial charge on any atom is -0.346 e. The molecule has 0 amide bonds. The summed E-state index contributed by atoms with van der Waals surface area (Å²) >= 11 is 8.91. The van der Waals surface area contributed by atoms with Crippen LogP contribution in [0.15, 0.2) is 4.47 Å². The van der Waals surface area contributed by atoms with E-state index in [1.165, 1.54) is 31.4 Å². The number of rotatable bonds is 3. The minimum atomic E-state index is 0.436. The van der Waals surface area contributed by atoms with E-state index >= 15 is 0 Å². The molecule has 1 saturated carbocycles. The smallest absolute Gasteiger partial charge is 0.144 e. The molecule has 2 rings (SSSR count). The first-order valence-corrected chi connectivity index (χ1v) is 8.02. The lowest BCUT2D eigenvalue weighted by molar-refractivity contribution is 0.515. The second-order valence-corrected chi connectivity index (χ2v) is 6.77. The standard InChI is InChI=1S/C14H21BrN2S/c1-4-9-5-6-10(7-9)13-16-12(8(2)3)11(15)14(18)17-13/h8-10H,4-7H2,1-3H3,(H,16,17,18). The summed E-state index contributed by atoms with van der Waals surface area (Å²) in [7, 11) is 0. The molecule has 1 aromatic heterocycles. The van der Waals surface area contributed by atoms with Gasteiger partial charge in [0.15, 0.2) is 0 Å². The summed E-state index contributed by atoms with van der Waals surface area (Å²) in [4.78, 5) is 8.09. The maximum Gasteiger partial charge on any atom is 0.144 e. The van der Waals surface area contributed by atoms with Crippen LogP contribution in [0.5, 0.6) is 0 Å². The van der Waals surface area contributed by atoms with Crippen LogP contribution in [0.1, 0.15) is 69.8 Å². The summed E-state index contributed by atoms with van der Waals surface area (Å²) in [6, 6.07) is 0. The number of H-pyrrole nitrogens is 1. The fourth-order valence-electron chi connectivity index (χ4n) is 2.78. The second-order valence-electron chi connectivity index (χ2n) is 5.59. The zero-order valence-electron chi connectivity index (χ0n) is 11.3. The lowest BCUT2D eigenvalue weighted by Crippen LogP contribution is -2.07. The third-order valence-corrected chi connectivity index (χ3v) is 5.35. The highest BCUT2D eigenvalue weighted by Crippen LogP contribution is 2.39. The summed E-state index contributed by atoms with van der Waals surface area (Å²) in [5, 5.41) is 0. The van der Waals surface area contributed by atoms with Crippen molar-refractivity contribution in [3.8, 4) is 0 Å². The Bertz CT molecular complexity index is 481. The molecule has 1 heterocycles. The molecule has 0 saturated heterocycles. The Labute approximate surface area is 123 Å². The van der Waals surface area contributed by atoms with E-state index in [1.807, 2.05) is 0 Å². The Hall–Kier alpha value is -0.220. The van der Waals surface area contributed by atoms with Gasteiger partial charge in [0, 0.05) is 11.6 Å². The van der Waals surface area contributed by atoms with E-state index in [0.29, 0.717) is 16.5 Å². The van der Waals surface area contributed by atoms with E-state index in [0.717, 1.165) is 16.2 Å². The fourth-order valence-corrected chi connectivity index (χ4v) is 3.63. The van der Waals surface area contributed by atoms with Gasteiger partial charge in [0.1, 0.15) is 10.5 Å². The number of nitrogens with one attached hydrogen (secondary N) is 1. The minimum absolute atomic E-state index is 0.436. The molecule has 0 bridgehead atoms. The van der Waals surface area contributed by atoms with E-state index in [4.69, 9.17) is 12.2 Å². The maximum absolute atomic E-state index is 5.36. The average molecular weight is 329 g/mol. The molecule has 2 atom stereocenters. The molecule has 1 fully saturated rings. The van der Waals surface area contributed by atoms with Gasteiger partial charge in [0.05, 0.1) is 4.47 Å². The average Bonchev–Trinajstić information content (AvgIpc) is 2.80. The third-order valence-electron chi connectivity index (χ3n) is 3.99. The van der Waals surface area contributed by atoms with Crippen LogP contribution >= 0.6 is 28.1 Å². The molecule has 4 heteroatoms. The Morgan fingerprint density at radius 2 is 2.17 bits per heavy atom. The molecule has 100 valence electrons. The first-order chi connectivity index (χ1) is 8.52. The summed E-state index contributed by atoms with van der Waals surface area (Å²) in [6.45, 7) is 6.64. The normalized spacial score (nSPS) is 23.8. The van der Waals surface area contributed by atoms with Gasteiger partial charge in [-0.05, 0) is 47.0 Å². The molecule has 2 unspecified atom stereocenters. The van der Waals surface area contributed by atoms with Crippen LogP contribution in [0.2, 0.25) is 0 Å². The Morgan fingerprint density at radius 3 is 2.72 bits per heavy atom. The largest absolute Gasteiger partial charge is 0.346 e. The van der Waals surface area contributed by atoms with Crippen LogP contribution in [-0.2, 0) is 0 Å². The van der Waals surface area contributed by atoms with E-state index in [9.17, 15) is 0 Å². The number of hydrogen-bond acceptors (Lipinski definition) is 2. The zero-order chi connectivity index (χ0) is 13.3. The molecule has 1 aliphatic carbocycles. The summed E-state index contributed by atoms with van der Waals surface area (Å²) in [5.41, 5.74) is 1.19. The molecule has 18 heavy (non-hydrogen) atoms. The second kappa shape index (κ2) is 5.83. The van der Waals surface area contributed by atoms with E-state index in [1.54, 1.807) is 0 Å². The van der Waals surface area contributed by atoms with Gasteiger partial charge in [0.25, 0.3) is 0 Å². The Balaban J connectivity index is 2.32. The lowest BCUT2D eigenvalue weighted by Gasteiger charge is -2.15. The van der Waals surface area contributed by atoms with E-state index in [-0.39, 0.29) is 0 Å². The summed E-state index contributed by atoms with van der Waals surface area (Å²) in [5.74, 6) is 2.97. The van der Waals surface area contributed by atoms with E-state index < -0.39 is 0 Å². The molecular formula is C14H21BrN2S. The van der Waals surface area contributed by atoms with Gasteiger partial charge in [-0.15, -0.1) is 0 Å². The topological polar surface area (TPSA) is 28.7 Å². The van der Waals surface area contributed by atoms with Gasteiger partial charge >= 0.3 is 0 Å². The van der Waals surface area contributed by atoms with Crippen molar-refractivity contribution in [3.63, 3.8) is 0 Å². The van der Waals surface area contributed by atoms with Crippen molar-refractivity contribution in [1.82, 2.24) is 9.97 Å². The predicted octanol–water partition coefficient (Wildman–Crippen LogP) is 5.32. The van der Waals surface area contributed by atoms with Crippen molar-refractivity contribution < 1.29 is 0 Å². The van der Waals surface area contributed by atoms with Gasteiger partial charge in [-0.25, -0.2) is 4.98 Å². The molecule has 0 radical (unpaired) electrons. The van der Waals surface area contributed by atoms with Crippen molar-refractivity contribution >= 4 is 28.1 Å². The summed E-state index contributed by atoms with van der Waals surface area (Å²) in [6.07, 6.45) is 5.12. The SMILES string of the molecule is CCC1CCC(c2nc(=S)c(Br)c(C(C)C)[nH]2)C1. The fraction of sp³-hybridized carbons (Fsp3) is 0.714. The van der Waals surface area contributed by atoms with E-state index in [2.05, 4.69) is 46.7 Å². The molecule has 1 aromatic rings.